The van der Waals surface area contributed by atoms with Crippen molar-refractivity contribution in [2.75, 3.05) is 13.1 Å². The number of imidazole rings is 1. The Hall–Kier alpha value is -2.95. The van der Waals surface area contributed by atoms with Crippen LogP contribution in [0.4, 0.5) is 13.2 Å². The van der Waals surface area contributed by atoms with Gasteiger partial charge in [0.05, 0.1) is 17.6 Å². The van der Waals surface area contributed by atoms with Crippen molar-refractivity contribution >= 4 is 16.9 Å². The van der Waals surface area contributed by atoms with Gasteiger partial charge in [-0.1, -0.05) is 17.3 Å². The number of rotatable bonds is 5. The lowest BCUT2D eigenvalue weighted by Crippen LogP contribution is -2.29. The number of carbonyl (C=O) groups is 1. The van der Waals surface area contributed by atoms with Crippen LogP contribution < -0.4 is 11.1 Å². The first-order chi connectivity index (χ1) is 11.9. The Balaban J connectivity index is 1.93. The van der Waals surface area contributed by atoms with Gasteiger partial charge in [-0.25, -0.2) is 4.98 Å². The van der Waals surface area contributed by atoms with E-state index in [0.717, 1.165) is 4.57 Å². The summed E-state index contributed by atoms with van der Waals surface area (Å²) in [5, 5.41) is 5.98. The van der Waals surface area contributed by atoms with Crippen LogP contribution in [0.5, 0.6) is 0 Å². The molecule has 1 aromatic carbocycles. The molecule has 132 valence electrons. The molecule has 1 amide bonds. The maximum absolute atomic E-state index is 13.2. The lowest BCUT2D eigenvalue weighted by Gasteiger charge is -2.09. The summed E-state index contributed by atoms with van der Waals surface area (Å²) >= 11 is 0. The maximum Gasteiger partial charge on any atom is 0.449 e. The SMILES string of the molecule is NCCNC(=O)c1nc(Cn2c(C(F)(F)F)nc3ccccc32)no1. The predicted molar refractivity (Wildman–Crippen MR) is 79.5 cm³/mol. The third-order valence-electron chi connectivity index (χ3n) is 3.30. The van der Waals surface area contributed by atoms with Crippen molar-refractivity contribution < 1.29 is 22.5 Å². The number of hydrogen-bond acceptors (Lipinski definition) is 6. The van der Waals surface area contributed by atoms with E-state index in [0.29, 0.717) is 0 Å². The summed E-state index contributed by atoms with van der Waals surface area (Å²) in [4.78, 5) is 19.1. The van der Waals surface area contributed by atoms with Gasteiger partial charge in [-0.15, -0.1) is 0 Å². The first kappa shape index (κ1) is 16.9. The van der Waals surface area contributed by atoms with Crippen LogP contribution in [0.2, 0.25) is 0 Å². The number of nitrogens with two attached hydrogens (primary N) is 1. The molecule has 0 atom stereocenters. The molecule has 0 fully saturated rings. The van der Waals surface area contributed by atoms with Crippen molar-refractivity contribution in [3.05, 3.63) is 41.8 Å². The highest BCUT2D eigenvalue weighted by atomic mass is 19.4. The molecule has 0 aliphatic carbocycles. The molecule has 11 heteroatoms. The van der Waals surface area contributed by atoms with Crippen LogP contribution in [0.25, 0.3) is 11.0 Å². The van der Waals surface area contributed by atoms with Gasteiger partial charge in [0.1, 0.15) is 0 Å². The van der Waals surface area contributed by atoms with E-state index < -0.39 is 17.9 Å². The average Bonchev–Trinajstić information content (AvgIpc) is 3.18. The number of para-hydroxylation sites is 2. The zero-order chi connectivity index (χ0) is 18.0. The molecular weight excluding hydrogens is 341 g/mol. The van der Waals surface area contributed by atoms with Crippen molar-refractivity contribution in [2.24, 2.45) is 5.73 Å². The minimum Gasteiger partial charge on any atom is -0.347 e. The zero-order valence-electron chi connectivity index (χ0n) is 12.7. The monoisotopic (exact) mass is 354 g/mol. The van der Waals surface area contributed by atoms with Crippen molar-refractivity contribution in [1.29, 1.82) is 0 Å². The highest BCUT2D eigenvalue weighted by Crippen LogP contribution is 2.31. The Morgan fingerprint density at radius 1 is 1.28 bits per heavy atom. The van der Waals surface area contributed by atoms with Gasteiger partial charge < -0.3 is 20.1 Å². The molecule has 0 saturated carbocycles. The van der Waals surface area contributed by atoms with Crippen LogP contribution in [0, 0.1) is 0 Å². The van der Waals surface area contributed by atoms with Crippen molar-refractivity contribution in [1.82, 2.24) is 25.0 Å². The number of nitrogens with zero attached hydrogens (tertiary/aromatic N) is 4. The smallest absolute Gasteiger partial charge is 0.347 e. The number of amides is 1. The first-order valence-corrected chi connectivity index (χ1v) is 7.23. The number of carbonyl (C=O) groups excluding carboxylic acids is 1. The van der Waals surface area contributed by atoms with Gasteiger partial charge in [0.15, 0.2) is 5.82 Å². The second-order valence-electron chi connectivity index (χ2n) is 5.07. The molecule has 25 heavy (non-hydrogen) atoms. The van der Waals surface area contributed by atoms with Crippen molar-refractivity contribution in [3.63, 3.8) is 0 Å². The summed E-state index contributed by atoms with van der Waals surface area (Å²) in [6.07, 6.45) is -4.65. The summed E-state index contributed by atoms with van der Waals surface area (Å²) in [7, 11) is 0. The van der Waals surface area contributed by atoms with Gasteiger partial charge >= 0.3 is 18.0 Å². The Bertz CT molecular complexity index is 901. The van der Waals surface area contributed by atoms with Gasteiger partial charge in [-0.2, -0.15) is 18.2 Å². The molecule has 0 aliphatic heterocycles. The van der Waals surface area contributed by atoms with Crippen LogP contribution in [0.1, 0.15) is 22.3 Å². The van der Waals surface area contributed by atoms with E-state index in [1.165, 1.54) is 12.1 Å². The molecule has 8 nitrogen and oxygen atoms in total. The molecule has 0 unspecified atom stereocenters. The van der Waals surface area contributed by atoms with Gasteiger partial charge in [0.2, 0.25) is 5.82 Å². The summed E-state index contributed by atoms with van der Waals surface area (Å²) in [6.45, 7) is 0.0899. The lowest BCUT2D eigenvalue weighted by molar-refractivity contribution is -0.146. The summed E-state index contributed by atoms with van der Waals surface area (Å²) in [5.74, 6) is -2.14. The van der Waals surface area contributed by atoms with Gasteiger partial charge in [0, 0.05) is 13.1 Å². The van der Waals surface area contributed by atoms with Crippen LogP contribution in [-0.2, 0) is 12.7 Å². The van der Waals surface area contributed by atoms with Gasteiger partial charge in [-0.3, -0.25) is 4.79 Å². The number of nitrogens with one attached hydrogen (secondary N) is 1. The minimum absolute atomic E-state index is 0.0773. The summed E-state index contributed by atoms with van der Waals surface area (Å²) in [5.41, 5.74) is 5.73. The first-order valence-electron chi connectivity index (χ1n) is 7.23. The van der Waals surface area contributed by atoms with E-state index in [9.17, 15) is 18.0 Å². The fourth-order valence-electron chi connectivity index (χ4n) is 2.27. The number of aromatic nitrogens is 4. The van der Waals surface area contributed by atoms with Crippen LogP contribution >= 0.6 is 0 Å². The molecule has 0 aliphatic rings. The van der Waals surface area contributed by atoms with E-state index in [1.807, 2.05) is 0 Å². The molecule has 0 spiro atoms. The van der Waals surface area contributed by atoms with Crippen molar-refractivity contribution in [3.8, 4) is 0 Å². The number of alkyl halides is 3. The average molecular weight is 354 g/mol. The Morgan fingerprint density at radius 2 is 2.04 bits per heavy atom. The molecule has 0 saturated heterocycles. The number of hydrogen-bond donors (Lipinski definition) is 2. The van der Waals surface area contributed by atoms with E-state index in [2.05, 4.69) is 20.4 Å². The quantitative estimate of drug-likeness (QED) is 0.711. The normalized spacial score (nSPS) is 11.8. The van der Waals surface area contributed by atoms with E-state index in [4.69, 9.17) is 10.3 Å². The molecule has 0 radical (unpaired) electrons. The van der Waals surface area contributed by atoms with E-state index in [1.54, 1.807) is 12.1 Å². The zero-order valence-corrected chi connectivity index (χ0v) is 12.7. The number of benzene rings is 1. The Labute approximate surface area is 138 Å². The summed E-state index contributed by atoms with van der Waals surface area (Å²) < 4.78 is 45.4. The third kappa shape index (κ3) is 3.45. The van der Waals surface area contributed by atoms with Crippen LogP contribution in [0.3, 0.4) is 0 Å². The number of halogens is 3. The summed E-state index contributed by atoms with van der Waals surface area (Å²) in [6, 6.07) is 6.17. The number of fused-ring (bicyclic) bond motifs is 1. The molecule has 0 bridgehead atoms. The topological polar surface area (TPSA) is 112 Å². The van der Waals surface area contributed by atoms with Gasteiger partial charge in [-0.05, 0) is 12.1 Å². The van der Waals surface area contributed by atoms with Gasteiger partial charge in [0.25, 0.3) is 0 Å². The maximum atomic E-state index is 13.2. The third-order valence-corrected chi connectivity index (χ3v) is 3.30. The molecule has 3 rings (SSSR count). The van der Waals surface area contributed by atoms with Crippen molar-refractivity contribution in [2.45, 2.75) is 12.7 Å². The highest BCUT2D eigenvalue weighted by molar-refractivity contribution is 5.89. The second-order valence-corrected chi connectivity index (χ2v) is 5.07. The molecule has 3 N–H and O–H groups in total. The predicted octanol–water partition coefficient (Wildman–Crippen LogP) is 1.17. The fraction of sp³-hybridized carbons (Fsp3) is 0.286. The molecule has 3 aromatic rings. The molecule has 2 aromatic heterocycles. The molecule has 2 heterocycles. The largest absolute Gasteiger partial charge is 0.449 e. The van der Waals surface area contributed by atoms with Crippen LogP contribution in [0.15, 0.2) is 28.8 Å². The Morgan fingerprint density at radius 3 is 2.76 bits per heavy atom. The second kappa shape index (κ2) is 6.51. The van der Waals surface area contributed by atoms with E-state index in [-0.39, 0.29) is 42.4 Å². The van der Waals surface area contributed by atoms with Crippen LogP contribution in [-0.4, -0.2) is 38.7 Å². The lowest BCUT2D eigenvalue weighted by atomic mass is 10.3. The minimum atomic E-state index is -4.65. The Kier molecular flexibility index (Phi) is 4.40. The van der Waals surface area contributed by atoms with E-state index >= 15 is 0 Å². The highest BCUT2D eigenvalue weighted by Gasteiger charge is 2.37. The standard InChI is InChI=1S/C14H13F3N6O2/c15-14(16,17)13-20-8-3-1-2-4-9(8)23(13)7-10-21-12(25-22-10)11(24)19-6-5-18/h1-4H,5-7,18H2,(H,19,24). The fourth-order valence-corrected chi connectivity index (χ4v) is 2.27. The molecular formula is C14H13F3N6O2.